The van der Waals surface area contributed by atoms with Gasteiger partial charge < -0.3 is 15.6 Å². The first-order valence-corrected chi connectivity index (χ1v) is 12.2. The molecule has 1 unspecified atom stereocenters. The number of benzene rings is 1. The van der Waals surface area contributed by atoms with E-state index in [4.69, 9.17) is 16.0 Å². The van der Waals surface area contributed by atoms with Crippen molar-refractivity contribution < 1.29 is 13.7 Å². The molecule has 3 heterocycles. The smallest absolute Gasteiger partial charge is 0.274 e. The lowest BCUT2D eigenvalue weighted by Crippen LogP contribution is -2.57. The van der Waals surface area contributed by atoms with Crippen molar-refractivity contribution in [3.8, 4) is 6.07 Å². The van der Waals surface area contributed by atoms with Gasteiger partial charge in [0.25, 0.3) is 5.91 Å². The van der Waals surface area contributed by atoms with E-state index in [0.29, 0.717) is 29.8 Å². The Kier molecular flexibility index (Phi) is 5.47. The summed E-state index contributed by atoms with van der Waals surface area (Å²) in [5, 5.41) is 11.4. The first kappa shape index (κ1) is 23.2. The number of rotatable bonds is 3. The van der Waals surface area contributed by atoms with Gasteiger partial charge in [0.2, 0.25) is 0 Å². The lowest BCUT2D eigenvalue weighted by molar-refractivity contribution is 0.102. The number of carbonyl (C=O) groups is 1. The normalized spacial score (nSPS) is 29.8. The number of nitrogens with two attached hydrogens (primary N) is 1. The van der Waals surface area contributed by atoms with Crippen molar-refractivity contribution in [2.75, 3.05) is 11.9 Å². The number of anilines is 1. The second kappa shape index (κ2) is 7.80. The Hall–Kier alpha value is -3.00. The molecule has 4 rings (SSSR count). The van der Waals surface area contributed by atoms with Gasteiger partial charge in [0, 0.05) is 24.0 Å². The molecule has 0 saturated carbocycles. The van der Waals surface area contributed by atoms with Gasteiger partial charge in [0.05, 0.1) is 15.6 Å². The van der Waals surface area contributed by atoms with E-state index >= 15 is 4.39 Å². The van der Waals surface area contributed by atoms with Crippen LogP contribution in [0.5, 0.6) is 0 Å². The number of nitriles is 1. The zero-order valence-electron chi connectivity index (χ0n) is 18.9. The summed E-state index contributed by atoms with van der Waals surface area (Å²) >= 11 is 0. The van der Waals surface area contributed by atoms with Crippen LogP contribution in [0, 0.1) is 24.1 Å². The van der Waals surface area contributed by atoms with E-state index < -0.39 is 32.5 Å². The van der Waals surface area contributed by atoms with Crippen molar-refractivity contribution in [3.05, 3.63) is 58.7 Å². The summed E-state index contributed by atoms with van der Waals surface area (Å²) in [5.74, 6) is -0.704. The van der Waals surface area contributed by atoms with Crippen molar-refractivity contribution in [2.45, 2.75) is 49.7 Å². The molecule has 0 aliphatic carbocycles. The molecule has 174 valence electrons. The Labute approximate surface area is 193 Å². The Morgan fingerprint density at radius 1 is 1.39 bits per heavy atom. The molecule has 1 aromatic heterocycles. The summed E-state index contributed by atoms with van der Waals surface area (Å²) < 4.78 is 29.3. The minimum Gasteiger partial charge on any atom is -0.386 e. The number of aliphatic imine (C=N–C) groups is 1. The Morgan fingerprint density at radius 2 is 2.12 bits per heavy atom. The summed E-state index contributed by atoms with van der Waals surface area (Å²) in [6.45, 7) is 7.76. The monoisotopic (exact) mass is 470 g/mol. The molecule has 1 amide bonds. The van der Waals surface area contributed by atoms with Crippen molar-refractivity contribution in [1.29, 1.82) is 5.26 Å². The molecule has 1 fully saturated rings. The average molecular weight is 471 g/mol. The van der Waals surface area contributed by atoms with Gasteiger partial charge in [-0.1, -0.05) is 10.5 Å². The first-order chi connectivity index (χ1) is 15.4. The van der Waals surface area contributed by atoms with Crippen molar-refractivity contribution in [1.82, 2.24) is 9.71 Å². The maximum Gasteiger partial charge on any atom is 0.274 e. The fraction of sp³-hybridized carbons (Fsp3) is 0.391. The van der Waals surface area contributed by atoms with Crippen LogP contribution < -0.4 is 15.8 Å². The number of halogens is 1. The third-order valence-electron chi connectivity index (χ3n) is 6.71. The SMILES string of the molecule is Cc1cc(C#N)cnc1C(=O)Nc1ccc(F)c([C@@]2(C)N=C(N)C(C)(C)S3(O)NCC[C@H]23)c1. The van der Waals surface area contributed by atoms with Gasteiger partial charge in [-0.3, -0.25) is 14.5 Å². The van der Waals surface area contributed by atoms with E-state index in [1.807, 2.05) is 19.9 Å². The predicted octanol–water partition coefficient (Wildman–Crippen LogP) is 3.57. The molecular formula is C23H27FN6O2S. The van der Waals surface area contributed by atoms with E-state index in [0.717, 1.165) is 0 Å². The van der Waals surface area contributed by atoms with Crippen LogP contribution in [-0.4, -0.2) is 37.8 Å². The average Bonchev–Trinajstić information content (AvgIpc) is 3.18. The molecule has 1 aromatic carbocycles. The van der Waals surface area contributed by atoms with Crippen LogP contribution in [0.3, 0.4) is 0 Å². The van der Waals surface area contributed by atoms with Crippen LogP contribution in [-0.2, 0) is 5.54 Å². The fourth-order valence-corrected chi connectivity index (χ4v) is 8.04. The second-order valence-electron chi connectivity index (χ2n) is 9.10. The van der Waals surface area contributed by atoms with Crippen molar-refractivity contribution in [2.24, 2.45) is 10.7 Å². The molecule has 2 aliphatic rings. The van der Waals surface area contributed by atoms with Crippen LogP contribution in [0.25, 0.3) is 0 Å². The number of carbonyl (C=O) groups excluding carboxylic acids is 1. The highest BCUT2D eigenvalue weighted by atomic mass is 32.3. The van der Waals surface area contributed by atoms with Gasteiger partial charge in [0.1, 0.15) is 29.0 Å². The summed E-state index contributed by atoms with van der Waals surface area (Å²) in [5.41, 5.74) is 6.89. The number of amides is 1. The summed E-state index contributed by atoms with van der Waals surface area (Å²) in [7, 11) is -2.43. The Morgan fingerprint density at radius 3 is 2.79 bits per heavy atom. The fourth-order valence-electron chi connectivity index (χ4n) is 4.67. The highest BCUT2D eigenvalue weighted by Gasteiger charge is 2.60. The van der Waals surface area contributed by atoms with E-state index in [1.165, 1.54) is 18.3 Å². The third kappa shape index (κ3) is 3.47. The molecule has 3 atom stereocenters. The molecule has 8 nitrogen and oxygen atoms in total. The molecular weight excluding hydrogens is 443 g/mol. The quantitative estimate of drug-likeness (QED) is 0.541. The largest absolute Gasteiger partial charge is 0.386 e. The van der Waals surface area contributed by atoms with Crippen LogP contribution in [0.2, 0.25) is 0 Å². The number of hydrogen-bond acceptors (Lipinski definition) is 7. The standard InChI is InChI=1S/C23H27FN6O2S/c1-13-9-14(11-25)12-27-19(13)20(31)29-15-5-6-17(24)16(10-15)23(4)18-7-8-28-33(18,32)22(2,3)21(26)30-23/h5-6,9-10,12,18,28,32H,7-8H2,1-4H3,(H2,26,30)(H,29,31)/t18-,23-/m1/s1. The number of amidine groups is 1. The van der Waals surface area contributed by atoms with E-state index in [1.54, 1.807) is 26.0 Å². The number of pyridine rings is 1. The van der Waals surface area contributed by atoms with Gasteiger partial charge >= 0.3 is 0 Å². The molecule has 0 radical (unpaired) electrons. The van der Waals surface area contributed by atoms with Crippen LogP contribution in [0.1, 0.15) is 54.4 Å². The summed E-state index contributed by atoms with van der Waals surface area (Å²) in [6, 6.07) is 7.85. The topological polar surface area (TPSA) is 136 Å². The lowest BCUT2D eigenvalue weighted by atomic mass is 9.85. The number of aromatic nitrogens is 1. The summed E-state index contributed by atoms with van der Waals surface area (Å²) in [6.07, 6.45) is 1.95. The third-order valence-corrected chi connectivity index (χ3v) is 10.6. The van der Waals surface area contributed by atoms with Gasteiger partial charge in [-0.25, -0.2) is 9.37 Å². The number of nitrogens with one attached hydrogen (secondary N) is 2. The van der Waals surface area contributed by atoms with Gasteiger partial charge in [-0.05, 0) is 63.9 Å². The molecule has 2 aromatic rings. The number of hydrogen-bond donors (Lipinski definition) is 4. The highest BCUT2D eigenvalue weighted by molar-refractivity contribution is 8.29. The zero-order chi connectivity index (χ0) is 24.2. The van der Waals surface area contributed by atoms with Crippen molar-refractivity contribution in [3.63, 3.8) is 0 Å². The van der Waals surface area contributed by atoms with Crippen LogP contribution in [0.15, 0.2) is 35.5 Å². The molecule has 2 aliphatic heterocycles. The maximum atomic E-state index is 15.2. The number of fused-ring (bicyclic) bond motifs is 1. The molecule has 5 N–H and O–H groups in total. The van der Waals surface area contributed by atoms with E-state index in [9.17, 15) is 9.35 Å². The number of nitrogens with zero attached hydrogens (tertiary/aromatic N) is 3. The van der Waals surface area contributed by atoms with Gasteiger partial charge in [-0.15, -0.1) is 0 Å². The molecule has 33 heavy (non-hydrogen) atoms. The van der Waals surface area contributed by atoms with Crippen molar-refractivity contribution >= 4 is 27.9 Å². The van der Waals surface area contributed by atoms with Gasteiger partial charge in [0.15, 0.2) is 0 Å². The molecule has 1 saturated heterocycles. The predicted molar refractivity (Wildman–Crippen MR) is 128 cm³/mol. The van der Waals surface area contributed by atoms with Crippen LogP contribution in [0.4, 0.5) is 10.1 Å². The Balaban J connectivity index is 1.73. The Bertz CT molecular complexity index is 1230. The summed E-state index contributed by atoms with van der Waals surface area (Å²) in [4.78, 5) is 21.6. The van der Waals surface area contributed by atoms with E-state index in [2.05, 4.69) is 15.0 Å². The van der Waals surface area contributed by atoms with Crippen LogP contribution >= 0.6 is 10.5 Å². The minimum atomic E-state index is -2.43. The second-order valence-corrected chi connectivity index (χ2v) is 12.2. The molecule has 0 bridgehead atoms. The molecule has 10 heteroatoms. The van der Waals surface area contributed by atoms with Gasteiger partial charge in [-0.2, -0.15) is 5.26 Å². The van der Waals surface area contributed by atoms with E-state index in [-0.39, 0.29) is 22.3 Å². The minimum absolute atomic E-state index is 0.173. The number of aryl methyl sites for hydroxylation is 1. The maximum absolute atomic E-state index is 15.2. The lowest BCUT2D eigenvalue weighted by Gasteiger charge is -2.56. The zero-order valence-corrected chi connectivity index (χ0v) is 19.8. The molecule has 0 spiro atoms. The highest BCUT2D eigenvalue weighted by Crippen LogP contribution is 2.67. The first-order valence-electron chi connectivity index (χ1n) is 10.6.